The predicted molar refractivity (Wildman–Crippen MR) is 137 cm³/mol. The van der Waals surface area contributed by atoms with Crippen LogP contribution in [0.15, 0.2) is 48.1 Å². The Morgan fingerprint density at radius 1 is 1.15 bits per heavy atom. The summed E-state index contributed by atoms with van der Waals surface area (Å²) in [7, 11) is 0. The number of thiazole rings is 1. The minimum Gasteiger partial charge on any atom is -0.465 e. The summed E-state index contributed by atoms with van der Waals surface area (Å²) in [5.41, 5.74) is 4.69. The fourth-order valence-electron chi connectivity index (χ4n) is 4.02. The van der Waals surface area contributed by atoms with Gasteiger partial charge in [0.05, 0.1) is 5.69 Å². The standard InChI is InChI=1S/C16H14N4O2S.C10H20/c1-10-4-5-12(18-16(21)22)7-13(10)19-15-20-14(9-23-15)11-3-2-6-17-8-11;1-10(2,3)9-7-5-4-6-8-9/h2-9,18H,1H3,(H,19,20)(H,21,22);9H,4-8H2,1-3H3. The van der Waals surface area contributed by atoms with Crippen molar-refractivity contribution in [3.05, 3.63) is 53.7 Å². The minimum absolute atomic E-state index is 0.509. The van der Waals surface area contributed by atoms with Crippen molar-refractivity contribution in [1.29, 1.82) is 0 Å². The molecule has 2 aromatic heterocycles. The zero-order valence-corrected chi connectivity index (χ0v) is 20.7. The maximum absolute atomic E-state index is 10.7. The van der Waals surface area contributed by atoms with Gasteiger partial charge in [0.25, 0.3) is 0 Å². The molecule has 0 bridgehead atoms. The van der Waals surface area contributed by atoms with Gasteiger partial charge in [-0.3, -0.25) is 10.3 Å². The lowest BCUT2D eigenvalue weighted by molar-refractivity contribution is 0.180. The third kappa shape index (κ3) is 7.56. The van der Waals surface area contributed by atoms with Gasteiger partial charge >= 0.3 is 6.09 Å². The summed E-state index contributed by atoms with van der Waals surface area (Å²) < 4.78 is 0. The van der Waals surface area contributed by atoms with E-state index in [1.807, 2.05) is 30.5 Å². The smallest absolute Gasteiger partial charge is 0.409 e. The number of pyridine rings is 1. The molecule has 1 amide bonds. The number of nitrogens with zero attached hydrogens (tertiary/aromatic N) is 2. The molecule has 0 atom stereocenters. The summed E-state index contributed by atoms with van der Waals surface area (Å²) in [6, 6.07) is 9.14. The molecule has 1 aromatic carbocycles. The Morgan fingerprint density at radius 3 is 2.52 bits per heavy atom. The van der Waals surface area contributed by atoms with Gasteiger partial charge in [-0.2, -0.15) is 0 Å². The fourth-order valence-corrected chi connectivity index (χ4v) is 4.75. The van der Waals surface area contributed by atoms with Gasteiger partial charge in [-0.15, -0.1) is 11.3 Å². The second kappa shape index (κ2) is 11.3. The Balaban J connectivity index is 0.000000257. The topological polar surface area (TPSA) is 87.1 Å². The third-order valence-electron chi connectivity index (χ3n) is 6.02. The zero-order chi connectivity index (χ0) is 23.8. The number of nitrogens with one attached hydrogen (secondary N) is 2. The van der Waals surface area contributed by atoms with Gasteiger partial charge in [-0.05, 0) is 60.9 Å². The summed E-state index contributed by atoms with van der Waals surface area (Å²) in [5, 5.41) is 17.1. The number of benzene rings is 1. The molecule has 1 aliphatic rings. The molecule has 0 spiro atoms. The van der Waals surface area contributed by atoms with Crippen molar-refractivity contribution in [3.8, 4) is 11.3 Å². The lowest BCUT2D eigenvalue weighted by Crippen LogP contribution is -2.22. The highest BCUT2D eigenvalue weighted by Gasteiger charge is 2.25. The molecule has 2 heterocycles. The molecule has 0 aliphatic heterocycles. The first-order valence-corrected chi connectivity index (χ1v) is 12.3. The van der Waals surface area contributed by atoms with Crippen LogP contribution in [0.4, 0.5) is 21.3 Å². The number of rotatable bonds is 4. The molecule has 6 nitrogen and oxygen atoms in total. The van der Waals surface area contributed by atoms with Crippen molar-refractivity contribution in [2.75, 3.05) is 10.6 Å². The van der Waals surface area contributed by atoms with E-state index < -0.39 is 6.09 Å². The van der Waals surface area contributed by atoms with E-state index in [2.05, 4.69) is 41.4 Å². The summed E-state index contributed by atoms with van der Waals surface area (Å²) in [6.45, 7) is 9.08. The number of amides is 1. The number of hydrogen-bond donors (Lipinski definition) is 3. The van der Waals surface area contributed by atoms with E-state index in [0.717, 1.165) is 33.6 Å². The maximum atomic E-state index is 10.7. The molecular weight excluding hydrogens is 432 g/mol. The molecule has 0 radical (unpaired) electrons. The Kier molecular flexibility index (Phi) is 8.44. The van der Waals surface area contributed by atoms with E-state index >= 15 is 0 Å². The number of aryl methyl sites for hydroxylation is 1. The van der Waals surface area contributed by atoms with E-state index in [1.165, 1.54) is 43.4 Å². The van der Waals surface area contributed by atoms with Crippen LogP contribution in [0.5, 0.6) is 0 Å². The molecule has 4 rings (SSSR count). The monoisotopic (exact) mass is 466 g/mol. The van der Waals surface area contributed by atoms with Crippen molar-refractivity contribution >= 4 is 33.9 Å². The Labute approximate surface area is 200 Å². The van der Waals surface area contributed by atoms with Gasteiger partial charge in [-0.1, -0.05) is 46.1 Å². The first-order chi connectivity index (χ1) is 15.7. The van der Waals surface area contributed by atoms with Gasteiger partial charge in [0, 0.05) is 34.7 Å². The highest BCUT2D eigenvalue weighted by atomic mass is 32.1. The third-order valence-corrected chi connectivity index (χ3v) is 6.78. The van der Waals surface area contributed by atoms with E-state index in [4.69, 9.17) is 5.11 Å². The summed E-state index contributed by atoms with van der Waals surface area (Å²) in [5.74, 6) is 1.00. The van der Waals surface area contributed by atoms with Gasteiger partial charge in [0.1, 0.15) is 0 Å². The largest absolute Gasteiger partial charge is 0.465 e. The van der Waals surface area contributed by atoms with Crippen molar-refractivity contribution in [2.24, 2.45) is 11.3 Å². The maximum Gasteiger partial charge on any atom is 0.409 e. The van der Waals surface area contributed by atoms with Crippen LogP contribution in [0.3, 0.4) is 0 Å². The number of carbonyl (C=O) groups is 1. The Bertz CT molecular complexity index is 1040. The minimum atomic E-state index is -1.09. The molecule has 3 aromatic rings. The van der Waals surface area contributed by atoms with Crippen LogP contribution in [0.25, 0.3) is 11.3 Å². The molecule has 1 fully saturated rings. The summed E-state index contributed by atoms with van der Waals surface area (Å²) in [4.78, 5) is 19.4. The average molecular weight is 467 g/mol. The van der Waals surface area contributed by atoms with Gasteiger partial charge in [0.15, 0.2) is 5.13 Å². The Hall–Kier alpha value is -2.93. The van der Waals surface area contributed by atoms with Gasteiger partial charge < -0.3 is 10.4 Å². The second-order valence-corrected chi connectivity index (χ2v) is 10.4. The van der Waals surface area contributed by atoms with Gasteiger partial charge in [-0.25, -0.2) is 9.78 Å². The zero-order valence-electron chi connectivity index (χ0n) is 19.9. The lowest BCUT2D eigenvalue weighted by Gasteiger charge is -2.33. The molecular formula is C26H34N4O2S. The van der Waals surface area contributed by atoms with Crippen LogP contribution in [0.2, 0.25) is 0 Å². The first kappa shape index (κ1) is 24.7. The molecule has 0 saturated heterocycles. The molecule has 176 valence electrons. The molecule has 0 unspecified atom stereocenters. The Morgan fingerprint density at radius 2 is 1.91 bits per heavy atom. The summed E-state index contributed by atoms with van der Waals surface area (Å²) >= 11 is 1.48. The molecule has 3 N–H and O–H groups in total. The normalized spacial score (nSPS) is 14.2. The van der Waals surface area contributed by atoms with Crippen LogP contribution < -0.4 is 10.6 Å². The molecule has 7 heteroatoms. The molecule has 33 heavy (non-hydrogen) atoms. The quantitative estimate of drug-likeness (QED) is 0.363. The lowest BCUT2D eigenvalue weighted by atomic mass is 9.72. The van der Waals surface area contributed by atoms with E-state index in [1.54, 1.807) is 24.5 Å². The van der Waals surface area contributed by atoms with Crippen molar-refractivity contribution in [2.45, 2.75) is 59.8 Å². The van der Waals surface area contributed by atoms with Crippen LogP contribution in [0, 0.1) is 18.3 Å². The predicted octanol–water partition coefficient (Wildman–Crippen LogP) is 7.96. The summed E-state index contributed by atoms with van der Waals surface area (Å²) in [6.07, 6.45) is 9.78. The van der Waals surface area contributed by atoms with Crippen LogP contribution >= 0.6 is 11.3 Å². The number of carboxylic acid groups (broad SMARTS) is 1. The molecule has 1 saturated carbocycles. The fraction of sp³-hybridized carbons (Fsp3) is 0.423. The van der Waals surface area contributed by atoms with Crippen molar-refractivity contribution < 1.29 is 9.90 Å². The number of aromatic nitrogens is 2. The highest BCUT2D eigenvalue weighted by molar-refractivity contribution is 7.14. The van der Waals surface area contributed by atoms with Crippen LogP contribution in [0.1, 0.15) is 58.4 Å². The number of hydrogen-bond acceptors (Lipinski definition) is 5. The molecule has 1 aliphatic carbocycles. The second-order valence-electron chi connectivity index (χ2n) is 9.57. The first-order valence-electron chi connectivity index (χ1n) is 11.5. The average Bonchev–Trinajstić information content (AvgIpc) is 3.25. The van der Waals surface area contributed by atoms with Gasteiger partial charge in [0.2, 0.25) is 0 Å². The van der Waals surface area contributed by atoms with E-state index in [-0.39, 0.29) is 0 Å². The van der Waals surface area contributed by atoms with E-state index in [9.17, 15) is 4.79 Å². The van der Waals surface area contributed by atoms with Crippen LogP contribution in [-0.2, 0) is 0 Å². The van der Waals surface area contributed by atoms with Crippen molar-refractivity contribution in [1.82, 2.24) is 9.97 Å². The van der Waals surface area contributed by atoms with E-state index in [0.29, 0.717) is 11.1 Å². The number of anilines is 3. The van der Waals surface area contributed by atoms with Crippen molar-refractivity contribution in [3.63, 3.8) is 0 Å². The SMILES string of the molecule is CC(C)(C)C1CCCCC1.Cc1ccc(NC(=O)O)cc1Nc1nc(-c2cccnc2)cs1. The highest BCUT2D eigenvalue weighted by Crippen LogP contribution is 2.37. The van der Waals surface area contributed by atoms with Crippen LogP contribution in [-0.4, -0.2) is 21.2 Å².